The van der Waals surface area contributed by atoms with Gasteiger partial charge in [0.25, 0.3) is 15.9 Å². The van der Waals surface area contributed by atoms with Crippen LogP contribution in [0.3, 0.4) is 0 Å². The number of esters is 1. The van der Waals surface area contributed by atoms with Gasteiger partial charge >= 0.3 is 5.97 Å². The summed E-state index contributed by atoms with van der Waals surface area (Å²) in [5, 5.41) is 0. The molecular weight excluding hydrogens is 494 g/mol. The third kappa shape index (κ3) is 4.27. The summed E-state index contributed by atoms with van der Waals surface area (Å²) in [5.41, 5.74) is 1.22. The molecule has 1 fully saturated rings. The molecule has 3 aromatic rings. The molecule has 0 spiro atoms. The van der Waals surface area contributed by atoms with Crippen LogP contribution in [-0.2, 0) is 26.6 Å². The number of thiazole rings is 1. The Morgan fingerprint density at radius 1 is 1.25 bits per heavy atom. The Kier molecular flexibility index (Phi) is 6.55. The average Bonchev–Trinajstić information content (AvgIpc) is 3.48. The van der Waals surface area contributed by atoms with Gasteiger partial charge in [-0.05, 0) is 50.1 Å². The van der Waals surface area contributed by atoms with Gasteiger partial charge in [-0.1, -0.05) is 22.9 Å². The number of hydrogen-bond donors (Lipinski definition) is 0. The first-order chi connectivity index (χ1) is 15.2. The topological polar surface area (TPSA) is 98.0 Å². The van der Waals surface area contributed by atoms with E-state index in [2.05, 4.69) is 4.99 Å². The largest absolute Gasteiger partial charge is 0.462 e. The van der Waals surface area contributed by atoms with Crippen molar-refractivity contribution < 1.29 is 22.7 Å². The first-order valence-electron chi connectivity index (χ1n) is 9.85. The summed E-state index contributed by atoms with van der Waals surface area (Å²) < 4.78 is 35.3. The third-order valence-electron chi connectivity index (χ3n) is 5.13. The van der Waals surface area contributed by atoms with E-state index in [1.165, 1.54) is 27.8 Å². The predicted molar refractivity (Wildman–Crippen MR) is 124 cm³/mol. The minimum Gasteiger partial charge on any atom is -0.462 e. The third-order valence-corrected chi connectivity index (χ3v) is 9.83. The fraction of sp³-hybridized carbons (Fsp3) is 0.350. The number of carbonyl (C=O) groups is 2. The maximum absolute atomic E-state index is 13.0. The van der Waals surface area contributed by atoms with E-state index in [1.807, 2.05) is 0 Å². The maximum atomic E-state index is 13.0. The smallest absolute Gasteiger partial charge is 0.338 e. The summed E-state index contributed by atoms with van der Waals surface area (Å²) in [6.45, 7) is 2.28. The molecule has 1 unspecified atom stereocenters. The molecular formula is C20H20ClN3O5S3. The summed E-state index contributed by atoms with van der Waals surface area (Å²) in [5.74, 6) is -0.929. The Balaban J connectivity index is 1.66. The van der Waals surface area contributed by atoms with Crippen LogP contribution in [0.4, 0.5) is 0 Å². The van der Waals surface area contributed by atoms with Crippen molar-refractivity contribution in [2.75, 3.05) is 13.2 Å². The van der Waals surface area contributed by atoms with Crippen LogP contribution >= 0.6 is 34.3 Å². The Hall–Kier alpha value is -2.05. The van der Waals surface area contributed by atoms with Gasteiger partial charge in [0.1, 0.15) is 10.3 Å². The minimum atomic E-state index is -3.83. The number of ether oxygens (including phenoxy) is 1. The second kappa shape index (κ2) is 9.06. The van der Waals surface area contributed by atoms with E-state index in [9.17, 15) is 18.0 Å². The highest BCUT2D eigenvalue weighted by molar-refractivity contribution is 7.91. The lowest BCUT2D eigenvalue weighted by molar-refractivity contribution is -0.121. The number of fused-ring (bicyclic) bond motifs is 1. The van der Waals surface area contributed by atoms with Crippen molar-refractivity contribution in [3.05, 3.63) is 45.0 Å². The molecule has 1 aliphatic heterocycles. The van der Waals surface area contributed by atoms with Crippen molar-refractivity contribution in [1.29, 1.82) is 0 Å². The highest BCUT2D eigenvalue weighted by atomic mass is 35.5. The van der Waals surface area contributed by atoms with Gasteiger partial charge in [0.15, 0.2) is 4.80 Å². The standard InChI is InChI=1S/C20H20ClN3O5S3/c1-3-29-19(26)12-6-7-13-15(11-12)30-20(23(13)2)22-18(25)14-5-4-10-24(14)32(27,28)17-9-8-16(21)31-17/h6-9,11,14H,3-5,10H2,1-2H3. The number of hydrogen-bond acceptors (Lipinski definition) is 7. The summed E-state index contributed by atoms with van der Waals surface area (Å²) in [7, 11) is -2.06. The zero-order valence-corrected chi connectivity index (χ0v) is 20.5. The zero-order chi connectivity index (χ0) is 23.0. The number of aromatic nitrogens is 1. The average molecular weight is 514 g/mol. The zero-order valence-electron chi connectivity index (χ0n) is 17.3. The van der Waals surface area contributed by atoms with Gasteiger partial charge in [0.2, 0.25) is 0 Å². The second-order valence-corrected chi connectivity index (χ2v) is 12.0. The molecule has 32 heavy (non-hydrogen) atoms. The van der Waals surface area contributed by atoms with E-state index in [0.29, 0.717) is 27.5 Å². The number of amides is 1. The molecule has 3 heterocycles. The van der Waals surface area contributed by atoms with Crippen LogP contribution in [0.2, 0.25) is 4.34 Å². The minimum absolute atomic E-state index is 0.112. The molecule has 4 rings (SSSR count). The highest BCUT2D eigenvalue weighted by Gasteiger charge is 2.40. The first-order valence-corrected chi connectivity index (χ1v) is 13.3. The highest BCUT2D eigenvalue weighted by Crippen LogP contribution is 2.32. The van der Waals surface area contributed by atoms with E-state index in [0.717, 1.165) is 21.6 Å². The van der Waals surface area contributed by atoms with Crippen LogP contribution in [0.15, 0.2) is 39.5 Å². The molecule has 0 saturated carbocycles. The van der Waals surface area contributed by atoms with E-state index >= 15 is 0 Å². The van der Waals surface area contributed by atoms with Gasteiger partial charge in [-0.15, -0.1) is 11.3 Å². The molecule has 12 heteroatoms. The lowest BCUT2D eigenvalue weighted by Gasteiger charge is -2.20. The van der Waals surface area contributed by atoms with Gasteiger partial charge in [-0.3, -0.25) is 4.79 Å². The molecule has 1 aromatic carbocycles. The van der Waals surface area contributed by atoms with Crippen LogP contribution < -0.4 is 4.80 Å². The van der Waals surface area contributed by atoms with Crippen LogP contribution in [0, 0.1) is 0 Å². The van der Waals surface area contributed by atoms with Gasteiger partial charge in [-0.2, -0.15) is 9.30 Å². The van der Waals surface area contributed by atoms with Gasteiger partial charge in [-0.25, -0.2) is 13.2 Å². The van der Waals surface area contributed by atoms with Crippen molar-refractivity contribution in [3.8, 4) is 0 Å². The maximum Gasteiger partial charge on any atom is 0.338 e. The van der Waals surface area contributed by atoms with Crippen molar-refractivity contribution in [1.82, 2.24) is 8.87 Å². The van der Waals surface area contributed by atoms with Crippen molar-refractivity contribution in [3.63, 3.8) is 0 Å². The van der Waals surface area contributed by atoms with Gasteiger partial charge < -0.3 is 9.30 Å². The molecule has 0 radical (unpaired) electrons. The molecule has 1 aliphatic rings. The molecule has 2 aromatic heterocycles. The molecule has 0 aliphatic carbocycles. The lowest BCUT2D eigenvalue weighted by atomic mass is 10.2. The molecule has 1 amide bonds. The van der Waals surface area contributed by atoms with E-state index < -0.39 is 27.9 Å². The fourth-order valence-electron chi connectivity index (χ4n) is 3.58. The van der Waals surface area contributed by atoms with Crippen molar-refractivity contribution in [2.45, 2.75) is 30.0 Å². The second-order valence-electron chi connectivity index (χ2n) is 7.13. The number of carbonyl (C=O) groups excluding carboxylic acids is 2. The number of sulfonamides is 1. The number of nitrogens with zero attached hydrogens (tertiary/aromatic N) is 3. The van der Waals surface area contributed by atoms with Crippen LogP contribution in [-0.4, -0.2) is 48.4 Å². The Bertz CT molecular complexity index is 1370. The van der Waals surface area contributed by atoms with Gasteiger partial charge in [0.05, 0.1) is 26.7 Å². The number of aryl methyl sites for hydroxylation is 1. The van der Waals surface area contributed by atoms with E-state index in [4.69, 9.17) is 16.3 Å². The normalized spacial score (nSPS) is 17.8. The SMILES string of the molecule is CCOC(=O)c1ccc2c(c1)sc(=NC(=O)C1CCCN1S(=O)(=O)c1ccc(Cl)s1)n2C. The van der Waals surface area contributed by atoms with E-state index in [-0.39, 0.29) is 17.4 Å². The Morgan fingerprint density at radius 3 is 2.72 bits per heavy atom. The Morgan fingerprint density at radius 2 is 2.03 bits per heavy atom. The van der Waals surface area contributed by atoms with Crippen molar-refractivity contribution >= 4 is 66.4 Å². The van der Waals surface area contributed by atoms with Crippen LogP contribution in [0.25, 0.3) is 10.2 Å². The van der Waals surface area contributed by atoms with Crippen LogP contribution in [0.1, 0.15) is 30.1 Å². The summed E-state index contributed by atoms with van der Waals surface area (Å²) in [6.07, 6.45) is 0.980. The predicted octanol–water partition coefficient (Wildman–Crippen LogP) is 3.41. The Labute approximate surface area is 197 Å². The number of benzene rings is 1. The summed E-state index contributed by atoms with van der Waals surface area (Å²) in [4.78, 5) is 29.7. The molecule has 0 N–H and O–H groups in total. The molecule has 8 nitrogen and oxygen atoms in total. The van der Waals surface area contributed by atoms with Gasteiger partial charge in [0, 0.05) is 13.6 Å². The number of thiophene rings is 1. The molecule has 1 atom stereocenters. The lowest BCUT2D eigenvalue weighted by Crippen LogP contribution is -2.40. The van der Waals surface area contributed by atoms with E-state index in [1.54, 1.807) is 36.7 Å². The number of halogens is 1. The van der Waals surface area contributed by atoms with Crippen LogP contribution in [0.5, 0.6) is 0 Å². The molecule has 170 valence electrons. The molecule has 0 bridgehead atoms. The first kappa shape index (κ1) is 23.1. The number of rotatable bonds is 5. The molecule has 1 saturated heterocycles. The summed E-state index contributed by atoms with van der Waals surface area (Å²) >= 11 is 8.12. The monoisotopic (exact) mass is 513 g/mol. The fourth-order valence-corrected chi connectivity index (χ4v) is 7.90. The quantitative estimate of drug-likeness (QED) is 0.487. The van der Waals surface area contributed by atoms with Crippen molar-refractivity contribution in [2.24, 2.45) is 12.0 Å². The summed E-state index contributed by atoms with van der Waals surface area (Å²) in [6, 6.07) is 7.25.